The number of primary amides is 1. The molecule has 34 heavy (non-hydrogen) atoms. The highest BCUT2D eigenvalue weighted by Crippen LogP contribution is 2.39. The summed E-state index contributed by atoms with van der Waals surface area (Å²) in [6.07, 6.45) is 2.65. The van der Waals surface area contributed by atoms with Crippen LogP contribution in [0.25, 0.3) is 0 Å². The summed E-state index contributed by atoms with van der Waals surface area (Å²) >= 11 is 1.41. The highest BCUT2D eigenvalue weighted by Gasteiger charge is 2.31. The molecule has 0 spiro atoms. The molecule has 2 aromatic rings. The van der Waals surface area contributed by atoms with E-state index in [9.17, 15) is 23.2 Å². The fraction of sp³-hybridized carbons (Fsp3) is 0.435. The molecule has 1 saturated heterocycles. The van der Waals surface area contributed by atoms with Crippen LogP contribution in [0.15, 0.2) is 24.3 Å². The molecule has 8 nitrogen and oxygen atoms in total. The number of hydrogen-bond acceptors (Lipinski definition) is 6. The van der Waals surface area contributed by atoms with Gasteiger partial charge in [-0.1, -0.05) is 12.1 Å². The summed E-state index contributed by atoms with van der Waals surface area (Å²) < 4.78 is 29.8. The normalized spacial score (nSPS) is 16.9. The van der Waals surface area contributed by atoms with Crippen molar-refractivity contribution in [2.24, 2.45) is 5.73 Å². The Morgan fingerprint density at radius 2 is 1.82 bits per heavy atom. The number of hydrogen-bond donors (Lipinski definition) is 2. The maximum Gasteiger partial charge on any atom is 0.387 e. The molecule has 1 atom stereocenters. The fourth-order valence-electron chi connectivity index (χ4n) is 4.46. The molecule has 1 aliphatic heterocycles. The summed E-state index contributed by atoms with van der Waals surface area (Å²) in [5.74, 6) is -1.35. The number of alkyl halides is 2. The Morgan fingerprint density at radius 1 is 1.12 bits per heavy atom. The smallest absolute Gasteiger partial charge is 0.387 e. The Hall–Kier alpha value is -3.05. The lowest BCUT2D eigenvalue weighted by molar-refractivity contribution is -0.121. The number of rotatable bonds is 7. The number of halogens is 2. The Kier molecular flexibility index (Phi) is 7.13. The number of anilines is 1. The molecule has 11 heteroatoms. The second-order valence-electron chi connectivity index (χ2n) is 8.29. The third-order valence-corrected chi connectivity index (χ3v) is 7.47. The van der Waals surface area contributed by atoms with E-state index in [1.807, 2.05) is 4.90 Å². The van der Waals surface area contributed by atoms with Gasteiger partial charge in [-0.15, -0.1) is 11.3 Å². The van der Waals surface area contributed by atoms with Gasteiger partial charge < -0.3 is 20.7 Å². The number of benzene rings is 1. The topological polar surface area (TPSA) is 105 Å². The van der Waals surface area contributed by atoms with E-state index in [0.717, 1.165) is 29.7 Å². The molecule has 0 saturated carbocycles. The van der Waals surface area contributed by atoms with Crippen LogP contribution in [0, 0.1) is 0 Å². The minimum absolute atomic E-state index is 0.0757. The Morgan fingerprint density at radius 3 is 2.50 bits per heavy atom. The number of amides is 3. The molecule has 0 bridgehead atoms. The number of piperazine rings is 1. The molecule has 1 aromatic carbocycles. The zero-order valence-corrected chi connectivity index (χ0v) is 19.5. The number of carbonyl (C=O) groups excluding carboxylic acids is 3. The molecule has 1 aliphatic carbocycles. The van der Waals surface area contributed by atoms with E-state index in [1.54, 1.807) is 17.9 Å². The van der Waals surface area contributed by atoms with Crippen LogP contribution < -0.4 is 15.8 Å². The van der Waals surface area contributed by atoms with Crippen molar-refractivity contribution < 1.29 is 27.9 Å². The predicted octanol–water partition coefficient (Wildman–Crippen LogP) is 2.72. The number of nitrogens with zero attached hydrogens (tertiary/aromatic N) is 2. The van der Waals surface area contributed by atoms with Gasteiger partial charge in [-0.05, 0) is 43.9 Å². The summed E-state index contributed by atoms with van der Waals surface area (Å²) in [7, 11) is 0. The number of nitrogens with one attached hydrogen (secondary N) is 1. The first-order chi connectivity index (χ1) is 16.3. The Balaban J connectivity index is 1.37. The van der Waals surface area contributed by atoms with E-state index in [-0.39, 0.29) is 17.2 Å². The summed E-state index contributed by atoms with van der Waals surface area (Å²) in [6.45, 7) is 0.274. The lowest BCUT2D eigenvalue weighted by Crippen LogP contribution is -2.54. The van der Waals surface area contributed by atoms with Gasteiger partial charge >= 0.3 is 6.61 Å². The lowest BCUT2D eigenvalue weighted by Gasteiger charge is -2.37. The number of aryl methyl sites for hydroxylation is 1. The third kappa shape index (κ3) is 4.90. The van der Waals surface area contributed by atoms with Crippen LogP contribution in [-0.2, 0) is 17.6 Å². The van der Waals surface area contributed by atoms with Gasteiger partial charge in [0.05, 0.1) is 17.2 Å². The fourth-order valence-corrected chi connectivity index (χ4v) is 5.76. The summed E-state index contributed by atoms with van der Waals surface area (Å²) in [5, 5.41) is 3.37. The zero-order chi connectivity index (χ0) is 24.4. The third-order valence-electron chi connectivity index (χ3n) is 6.27. The van der Waals surface area contributed by atoms with Crippen molar-refractivity contribution >= 4 is 34.1 Å². The van der Waals surface area contributed by atoms with Crippen LogP contribution in [0.1, 0.15) is 44.5 Å². The van der Waals surface area contributed by atoms with E-state index >= 15 is 0 Å². The first-order valence-electron chi connectivity index (χ1n) is 11.1. The summed E-state index contributed by atoms with van der Waals surface area (Å²) in [6, 6.07) is 5.41. The highest BCUT2D eigenvalue weighted by atomic mass is 32.1. The molecule has 3 amide bonds. The molecule has 4 rings (SSSR count). The van der Waals surface area contributed by atoms with Gasteiger partial charge in [0.1, 0.15) is 10.8 Å². The van der Waals surface area contributed by atoms with Crippen LogP contribution in [0.2, 0.25) is 0 Å². The maximum atomic E-state index is 12.9. The van der Waals surface area contributed by atoms with Crippen LogP contribution in [0.3, 0.4) is 0 Å². The van der Waals surface area contributed by atoms with Crippen molar-refractivity contribution in [3.63, 3.8) is 0 Å². The van der Waals surface area contributed by atoms with Crippen molar-refractivity contribution in [1.82, 2.24) is 9.80 Å². The second kappa shape index (κ2) is 10.1. The minimum Gasteiger partial charge on any atom is -0.434 e. The lowest BCUT2D eigenvalue weighted by atomic mass is 10.1. The second-order valence-corrected chi connectivity index (χ2v) is 9.40. The molecule has 1 aromatic heterocycles. The average molecular weight is 493 g/mol. The Labute approximate surface area is 199 Å². The molecule has 1 unspecified atom stereocenters. The molecule has 2 aliphatic rings. The largest absolute Gasteiger partial charge is 0.434 e. The molecule has 2 heterocycles. The molecular weight excluding hydrogens is 466 g/mol. The van der Waals surface area contributed by atoms with E-state index < -0.39 is 24.5 Å². The van der Waals surface area contributed by atoms with Crippen molar-refractivity contribution in [3.8, 4) is 5.75 Å². The molecule has 182 valence electrons. The summed E-state index contributed by atoms with van der Waals surface area (Å²) in [5.41, 5.74) is 7.01. The van der Waals surface area contributed by atoms with Gasteiger partial charge in [0.15, 0.2) is 0 Å². The van der Waals surface area contributed by atoms with E-state index in [1.165, 1.54) is 29.5 Å². The minimum atomic E-state index is -3.02. The van der Waals surface area contributed by atoms with Crippen molar-refractivity contribution in [3.05, 3.63) is 45.8 Å². The quantitative estimate of drug-likeness (QED) is 0.619. The average Bonchev–Trinajstić information content (AvgIpc) is 3.39. The van der Waals surface area contributed by atoms with E-state index in [4.69, 9.17) is 5.73 Å². The predicted molar refractivity (Wildman–Crippen MR) is 124 cm³/mol. The van der Waals surface area contributed by atoms with Gasteiger partial charge in [0.25, 0.3) is 11.8 Å². The summed E-state index contributed by atoms with van der Waals surface area (Å²) in [4.78, 5) is 42.4. The molecule has 3 N–H and O–H groups in total. The number of carbonyl (C=O) groups is 3. The molecule has 1 fully saturated rings. The van der Waals surface area contributed by atoms with Crippen LogP contribution in [-0.4, -0.2) is 66.4 Å². The first kappa shape index (κ1) is 24.1. The number of thiophene rings is 1. The van der Waals surface area contributed by atoms with Crippen LogP contribution >= 0.6 is 11.3 Å². The van der Waals surface area contributed by atoms with Crippen LogP contribution in [0.4, 0.5) is 13.8 Å². The molecule has 0 radical (unpaired) electrons. The number of ether oxygens (including phenoxy) is 1. The maximum absolute atomic E-state index is 12.9. The van der Waals surface area contributed by atoms with E-state index in [2.05, 4.69) is 10.1 Å². The molecular formula is C23H26F2N4O4S. The first-order valence-corrected chi connectivity index (χ1v) is 11.9. The standard InChI is InChI=1S/C23H26F2N4O4S/c1-13(20(31)27-21-18(19(26)30)15-6-4-8-17(15)34-21)28-9-11-29(12-10-28)22(32)14-5-2-3-7-16(14)33-23(24)25/h2-3,5,7,13,23H,4,6,8-12H2,1H3,(H2,26,30)(H,27,31). The van der Waals surface area contributed by atoms with Gasteiger partial charge in [-0.2, -0.15) is 8.78 Å². The highest BCUT2D eigenvalue weighted by molar-refractivity contribution is 7.17. The van der Waals surface area contributed by atoms with Gasteiger partial charge in [-0.25, -0.2) is 0 Å². The Bertz CT molecular complexity index is 1100. The van der Waals surface area contributed by atoms with Gasteiger partial charge in [0, 0.05) is 31.1 Å². The van der Waals surface area contributed by atoms with Crippen molar-refractivity contribution in [2.45, 2.75) is 38.8 Å². The van der Waals surface area contributed by atoms with E-state index in [0.29, 0.717) is 36.7 Å². The van der Waals surface area contributed by atoms with Gasteiger partial charge in [0.2, 0.25) is 5.91 Å². The van der Waals surface area contributed by atoms with Crippen molar-refractivity contribution in [2.75, 3.05) is 31.5 Å². The van der Waals surface area contributed by atoms with Crippen molar-refractivity contribution in [1.29, 1.82) is 0 Å². The number of fused-ring (bicyclic) bond motifs is 1. The SMILES string of the molecule is CC(C(=O)Nc1sc2c(c1C(N)=O)CCC2)N1CCN(C(=O)c2ccccc2OC(F)F)CC1. The monoisotopic (exact) mass is 492 g/mol. The number of nitrogens with two attached hydrogens (primary N) is 1. The number of para-hydroxylation sites is 1. The van der Waals surface area contributed by atoms with Crippen LogP contribution in [0.5, 0.6) is 5.75 Å². The zero-order valence-electron chi connectivity index (χ0n) is 18.7. The van der Waals surface area contributed by atoms with Gasteiger partial charge in [-0.3, -0.25) is 19.3 Å².